The number of carbonyl (C=O) groups is 2. The monoisotopic (exact) mass is 453 g/mol. The molecule has 4 rings (SSSR count). The molecule has 1 N–H and O–H groups in total. The summed E-state index contributed by atoms with van der Waals surface area (Å²) in [5, 5.41) is 3.19. The van der Waals surface area contributed by atoms with Crippen molar-refractivity contribution in [2.24, 2.45) is 0 Å². The van der Waals surface area contributed by atoms with Gasteiger partial charge < -0.3 is 9.88 Å². The minimum absolute atomic E-state index is 0.0103. The van der Waals surface area contributed by atoms with Crippen LogP contribution in [0.15, 0.2) is 71.7 Å². The number of pyridine rings is 2. The highest BCUT2D eigenvalue weighted by Crippen LogP contribution is 2.18. The predicted molar refractivity (Wildman–Crippen MR) is 135 cm³/mol. The molecule has 0 saturated heterocycles. The zero-order chi connectivity index (χ0) is 24.4. The van der Waals surface area contributed by atoms with Gasteiger partial charge in [0.25, 0.3) is 0 Å². The molecule has 2 aromatic heterocycles. The van der Waals surface area contributed by atoms with Crippen LogP contribution in [0.25, 0.3) is 11.0 Å². The Balaban J connectivity index is 1.70. The largest absolute Gasteiger partial charge is 0.325 e. The molecule has 0 aliphatic carbocycles. The summed E-state index contributed by atoms with van der Waals surface area (Å²) in [7, 11) is 0. The van der Waals surface area contributed by atoms with Crippen LogP contribution in [0.1, 0.15) is 52.5 Å². The van der Waals surface area contributed by atoms with Gasteiger partial charge in [-0.15, -0.1) is 0 Å². The summed E-state index contributed by atoms with van der Waals surface area (Å²) in [6.45, 7) is 7.88. The van der Waals surface area contributed by atoms with Crippen LogP contribution in [-0.2, 0) is 11.3 Å². The van der Waals surface area contributed by atoms with Crippen LogP contribution < -0.4 is 10.7 Å². The van der Waals surface area contributed by atoms with E-state index in [1.54, 1.807) is 28.8 Å². The molecule has 0 saturated carbocycles. The lowest BCUT2D eigenvalue weighted by molar-refractivity contribution is -0.116. The highest BCUT2D eigenvalue weighted by Gasteiger charge is 2.19. The molecule has 0 unspecified atom stereocenters. The molecule has 0 radical (unpaired) electrons. The van der Waals surface area contributed by atoms with Gasteiger partial charge >= 0.3 is 0 Å². The van der Waals surface area contributed by atoms with Gasteiger partial charge in [-0.3, -0.25) is 14.4 Å². The third kappa shape index (κ3) is 4.81. The molecule has 1 amide bonds. The maximum absolute atomic E-state index is 13.2. The second-order valence-corrected chi connectivity index (χ2v) is 8.84. The number of fused-ring (bicyclic) bond motifs is 1. The Bertz CT molecular complexity index is 1430. The van der Waals surface area contributed by atoms with E-state index in [0.29, 0.717) is 33.9 Å². The van der Waals surface area contributed by atoms with E-state index in [1.807, 2.05) is 50.2 Å². The van der Waals surface area contributed by atoms with Crippen LogP contribution in [0.4, 0.5) is 5.69 Å². The fourth-order valence-electron chi connectivity index (χ4n) is 3.81. The highest BCUT2D eigenvalue weighted by atomic mass is 16.2. The van der Waals surface area contributed by atoms with Crippen LogP contribution >= 0.6 is 0 Å². The van der Waals surface area contributed by atoms with Crippen molar-refractivity contribution in [3.8, 4) is 0 Å². The number of aromatic nitrogens is 2. The summed E-state index contributed by atoms with van der Waals surface area (Å²) in [5.74, 6) is -0.263. The lowest BCUT2D eigenvalue weighted by Crippen LogP contribution is -2.25. The third-order valence-electron chi connectivity index (χ3n) is 5.79. The van der Waals surface area contributed by atoms with Crippen LogP contribution in [0.3, 0.4) is 0 Å². The number of aryl methyl sites for hydroxylation is 2. The number of benzene rings is 2. The predicted octanol–water partition coefficient (Wildman–Crippen LogP) is 5.01. The van der Waals surface area contributed by atoms with Crippen molar-refractivity contribution in [2.75, 3.05) is 5.32 Å². The Morgan fingerprint density at radius 2 is 1.62 bits per heavy atom. The van der Waals surface area contributed by atoms with Crippen LogP contribution in [0.2, 0.25) is 0 Å². The van der Waals surface area contributed by atoms with Gasteiger partial charge in [-0.2, -0.15) is 0 Å². The minimum atomic E-state index is -0.394. The summed E-state index contributed by atoms with van der Waals surface area (Å²) in [5.41, 5.74) is 4.00. The maximum atomic E-state index is 13.2. The Hall–Kier alpha value is -4.06. The van der Waals surface area contributed by atoms with E-state index in [2.05, 4.69) is 24.1 Å². The van der Waals surface area contributed by atoms with Crippen molar-refractivity contribution < 1.29 is 9.59 Å². The molecule has 0 aliphatic heterocycles. The highest BCUT2D eigenvalue weighted by molar-refractivity contribution is 6.10. The fourth-order valence-corrected chi connectivity index (χ4v) is 3.81. The number of hydrogen-bond acceptors (Lipinski definition) is 4. The summed E-state index contributed by atoms with van der Waals surface area (Å²) < 4.78 is 1.57. The maximum Gasteiger partial charge on any atom is 0.244 e. The fraction of sp³-hybridized carbons (Fsp3) is 0.214. The number of nitrogens with zero attached hydrogens (tertiary/aromatic N) is 2. The van der Waals surface area contributed by atoms with Crippen molar-refractivity contribution in [2.45, 2.75) is 40.2 Å². The van der Waals surface area contributed by atoms with Gasteiger partial charge in [0.05, 0.1) is 10.9 Å². The van der Waals surface area contributed by atoms with E-state index in [9.17, 15) is 14.4 Å². The number of ketones is 1. The van der Waals surface area contributed by atoms with Crippen LogP contribution in [0, 0.1) is 13.8 Å². The molecule has 4 aromatic rings. The molecule has 0 fully saturated rings. The molecular weight excluding hydrogens is 426 g/mol. The van der Waals surface area contributed by atoms with Crippen molar-refractivity contribution in [3.05, 3.63) is 105 Å². The number of rotatable bonds is 6. The molecule has 0 bridgehead atoms. The number of carbonyl (C=O) groups excluding carboxylic acids is 2. The van der Waals surface area contributed by atoms with Crippen molar-refractivity contribution in [3.63, 3.8) is 0 Å². The first kappa shape index (κ1) is 23.1. The first-order valence-corrected chi connectivity index (χ1v) is 11.2. The Morgan fingerprint density at radius 3 is 2.26 bits per heavy atom. The SMILES string of the molecule is Cc1ccc(C(=O)c2cn(CC(=O)Nc3ccc(C(C)C)cc3)c3nc(C)ccc3c2=O)cc1. The average Bonchev–Trinajstić information content (AvgIpc) is 2.81. The molecule has 2 aromatic carbocycles. The second kappa shape index (κ2) is 9.43. The van der Waals surface area contributed by atoms with E-state index in [4.69, 9.17) is 0 Å². The molecule has 34 heavy (non-hydrogen) atoms. The Kier molecular flexibility index (Phi) is 6.41. The van der Waals surface area contributed by atoms with E-state index in [-0.39, 0.29) is 23.8 Å². The Morgan fingerprint density at radius 1 is 0.941 bits per heavy atom. The lowest BCUT2D eigenvalue weighted by atomic mass is 10.0. The van der Waals surface area contributed by atoms with Gasteiger partial charge in [0.2, 0.25) is 11.3 Å². The van der Waals surface area contributed by atoms with Gasteiger partial charge in [0.15, 0.2) is 5.78 Å². The molecule has 2 heterocycles. The average molecular weight is 454 g/mol. The van der Waals surface area contributed by atoms with E-state index in [1.165, 1.54) is 11.8 Å². The summed E-state index contributed by atoms with van der Waals surface area (Å²) in [6.07, 6.45) is 1.45. The van der Waals surface area contributed by atoms with Gasteiger partial charge in [0.1, 0.15) is 12.2 Å². The molecule has 0 aliphatic rings. The zero-order valence-corrected chi connectivity index (χ0v) is 19.8. The van der Waals surface area contributed by atoms with Gasteiger partial charge in [-0.05, 0) is 49.6 Å². The number of anilines is 1. The van der Waals surface area contributed by atoms with Crippen molar-refractivity contribution in [1.82, 2.24) is 9.55 Å². The van der Waals surface area contributed by atoms with Crippen molar-refractivity contribution >= 4 is 28.4 Å². The third-order valence-corrected chi connectivity index (χ3v) is 5.79. The summed E-state index contributed by atoms with van der Waals surface area (Å²) in [4.78, 5) is 43.7. The standard InChI is InChI=1S/C28H27N3O3/c1-17(2)20-10-12-22(13-11-20)30-25(32)16-31-15-24(26(33)21-8-5-18(3)6-9-21)27(34)23-14-7-19(4)29-28(23)31/h5-15,17H,16H2,1-4H3,(H,30,32). The first-order chi connectivity index (χ1) is 16.2. The summed E-state index contributed by atoms with van der Waals surface area (Å²) in [6, 6.07) is 18.1. The van der Waals surface area contributed by atoms with Crippen molar-refractivity contribution in [1.29, 1.82) is 0 Å². The van der Waals surface area contributed by atoms with E-state index >= 15 is 0 Å². The van der Waals surface area contributed by atoms with Gasteiger partial charge in [-0.1, -0.05) is 55.8 Å². The summed E-state index contributed by atoms with van der Waals surface area (Å²) >= 11 is 0. The molecule has 172 valence electrons. The van der Waals surface area contributed by atoms with E-state index < -0.39 is 5.43 Å². The molecule has 0 atom stereocenters. The molecule has 6 nitrogen and oxygen atoms in total. The number of amides is 1. The smallest absolute Gasteiger partial charge is 0.244 e. The molecule has 0 spiro atoms. The van der Waals surface area contributed by atoms with Crippen LogP contribution in [0.5, 0.6) is 0 Å². The minimum Gasteiger partial charge on any atom is -0.325 e. The van der Waals surface area contributed by atoms with E-state index in [0.717, 1.165) is 5.56 Å². The lowest BCUT2D eigenvalue weighted by Gasteiger charge is -2.14. The zero-order valence-electron chi connectivity index (χ0n) is 19.8. The second-order valence-electron chi connectivity index (χ2n) is 8.84. The molecular formula is C28H27N3O3. The number of hydrogen-bond donors (Lipinski definition) is 1. The number of nitrogens with one attached hydrogen (secondary N) is 1. The quantitative estimate of drug-likeness (QED) is 0.416. The van der Waals surface area contributed by atoms with Gasteiger partial charge in [-0.25, -0.2) is 4.98 Å². The Labute approximate surface area is 198 Å². The first-order valence-electron chi connectivity index (χ1n) is 11.2. The molecule has 6 heteroatoms. The topological polar surface area (TPSA) is 81.1 Å². The normalized spacial score (nSPS) is 11.1. The van der Waals surface area contributed by atoms with Crippen LogP contribution in [-0.4, -0.2) is 21.2 Å². The van der Waals surface area contributed by atoms with Gasteiger partial charge in [0, 0.05) is 23.1 Å².